The predicted molar refractivity (Wildman–Crippen MR) is 157 cm³/mol. The molecule has 1 aliphatic rings. The highest BCUT2D eigenvalue weighted by Gasteiger charge is 2.45. The number of halogens is 16. The van der Waals surface area contributed by atoms with Crippen LogP contribution in [-0.2, 0) is 10.9 Å². The van der Waals surface area contributed by atoms with Crippen LogP contribution in [0.5, 0.6) is 0 Å². The van der Waals surface area contributed by atoms with Crippen molar-refractivity contribution >= 4 is 39.0 Å². The fraction of sp³-hybridized carbons (Fsp3) is 0.250. The average Bonchev–Trinajstić information content (AvgIpc) is 3.60. The Labute approximate surface area is 283 Å². The summed E-state index contributed by atoms with van der Waals surface area (Å²) in [6, 6.07) is 0.0863. The molecule has 0 amide bonds. The molecule has 0 unspecified atom stereocenters. The van der Waals surface area contributed by atoms with Gasteiger partial charge < -0.3 is 4.74 Å². The summed E-state index contributed by atoms with van der Waals surface area (Å²) >= 11 is 2.65. The van der Waals surface area contributed by atoms with Crippen molar-refractivity contribution < 1.29 is 70.6 Å². The van der Waals surface area contributed by atoms with Crippen molar-refractivity contribution in [2.45, 2.75) is 39.8 Å². The molecule has 0 bridgehead atoms. The summed E-state index contributed by atoms with van der Waals surface area (Å²) in [7, 11) is 0. The quantitative estimate of drug-likeness (QED) is 0.0871. The monoisotopic (exact) mass is 796 g/mol. The molecule has 0 spiro atoms. The van der Waals surface area contributed by atoms with Gasteiger partial charge in [0.15, 0.2) is 0 Å². The van der Waals surface area contributed by atoms with E-state index in [1.165, 1.54) is 19.8 Å². The zero-order valence-corrected chi connectivity index (χ0v) is 27.3. The molecular formula is C32H21BBrF15O. The van der Waals surface area contributed by atoms with Crippen LogP contribution in [-0.4, -0.2) is 19.9 Å². The van der Waals surface area contributed by atoms with Crippen LogP contribution in [0.2, 0.25) is 0 Å². The first-order valence-corrected chi connectivity index (χ1v) is 14.8. The maximum Gasteiger partial charge on any atom is 0.422 e. The number of hydrogen-bond donors (Lipinski definition) is 0. The summed E-state index contributed by atoms with van der Waals surface area (Å²) in [6.45, 7) is 1.62. The maximum atomic E-state index is 15.0. The fourth-order valence-corrected chi connectivity index (χ4v) is 5.09. The van der Waals surface area contributed by atoms with Gasteiger partial charge in [0.05, 0.1) is 4.47 Å². The number of hydrogen-bond acceptors (Lipinski definition) is 1. The van der Waals surface area contributed by atoms with E-state index in [-0.39, 0.29) is 22.2 Å². The van der Waals surface area contributed by atoms with Crippen LogP contribution in [0.25, 0.3) is 0 Å². The first kappa shape index (κ1) is 40.8. The minimum Gasteiger partial charge on any atom is -0.381 e. The zero-order chi connectivity index (χ0) is 38.0. The fourth-order valence-electron chi connectivity index (χ4n) is 4.68. The van der Waals surface area contributed by atoms with Crippen molar-refractivity contribution in [1.29, 1.82) is 0 Å². The van der Waals surface area contributed by atoms with Gasteiger partial charge in [0.2, 0.25) is 0 Å². The Balaban J connectivity index is 0.000000344. The van der Waals surface area contributed by atoms with Crippen molar-refractivity contribution in [2.75, 3.05) is 13.2 Å². The van der Waals surface area contributed by atoms with Gasteiger partial charge >= 0.3 is 6.18 Å². The van der Waals surface area contributed by atoms with E-state index in [2.05, 4.69) is 15.9 Å². The second kappa shape index (κ2) is 16.1. The molecule has 0 N–H and O–H groups in total. The van der Waals surface area contributed by atoms with Crippen molar-refractivity contribution in [1.82, 2.24) is 0 Å². The van der Waals surface area contributed by atoms with E-state index < -0.39 is 122 Å². The highest BCUT2D eigenvalue weighted by atomic mass is 79.9. The zero-order valence-electron chi connectivity index (χ0n) is 25.7. The molecule has 0 aliphatic carbocycles. The summed E-state index contributed by atoms with van der Waals surface area (Å²) < 4.78 is 212. The van der Waals surface area contributed by atoms with Gasteiger partial charge in [-0.1, -0.05) is 0 Å². The highest BCUT2D eigenvalue weighted by molar-refractivity contribution is 9.10. The third kappa shape index (κ3) is 8.44. The SMILES string of the molecule is C1CCOC1.Cc1c(F)cc(F)c(B(c2c(F)cc(F)c(C)c2F)c2c(F)cc(F)c(C(F)(F)F)c2F)c1F.Cc1c(F)cc(F)c(Br)c1F. The van der Waals surface area contributed by atoms with Crippen LogP contribution in [0.4, 0.5) is 65.9 Å². The number of alkyl halides is 3. The van der Waals surface area contributed by atoms with E-state index >= 15 is 0 Å². The molecule has 0 atom stereocenters. The van der Waals surface area contributed by atoms with Crippen LogP contribution in [0.1, 0.15) is 35.1 Å². The Hall–Kier alpha value is -3.67. The Morgan fingerprint density at radius 3 is 1.20 bits per heavy atom. The molecule has 1 heterocycles. The lowest BCUT2D eigenvalue weighted by Crippen LogP contribution is -2.59. The van der Waals surface area contributed by atoms with Gasteiger partial charge in [0.25, 0.3) is 6.71 Å². The van der Waals surface area contributed by atoms with Crippen LogP contribution in [0, 0.1) is 90.6 Å². The lowest BCUT2D eigenvalue weighted by molar-refractivity contribution is -0.142. The van der Waals surface area contributed by atoms with Gasteiger partial charge in [-0.3, -0.25) is 0 Å². The van der Waals surface area contributed by atoms with Crippen LogP contribution in [0.15, 0.2) is 28.7 Å². The summed E-state index contributed by atoms with van der Waals surface area (Å²) in [5.41, 5.74) is -10.2. The predicted octanol–water partition coefficient (Wildman–Crippen LogP) is 9.06. The molecule has 1 saturated heterocycles. The largest absolute Gasteiger partial charge is 0.422 e. The third-order valence-electron chi connectivity index (χ3n) is 7.40. The molecule has 1 nitrogen and oxygen atoms in total. The van der Waals surface area contributed by atoms with Gasteiger partial charge in [-0.25, -0.2) is 52.7 Å². The summed E-state index contributed by atoms with van der Waals surface area (Å²) in [6.07, 6.45) is -3.26. The lowest BCUT2D eigenvalue weighted by atomic mass is 9.35. The molecule has 18 heteroatoms. The smallest absolute Gasteiger partial charge is 0.381 e. The van der Waals surface area contributed by atoms with Crippen LogP contribution < -0.4 is 16.4 Å². The summed E-state index contributed by atoms with van der Waals surface area (Å²) in [5.74, 6) is -21.0. The molecule has 1 aliphatic heterocycles. The molecule has 0 radical (unpaired) electrons. The van der Waals surface area contributed by atoms with E-state index in [0.29, 0.717) is 19.9 Å². The molecule has 5 rings (SSSR count). The second-order valence-electron chi connectivity index (χ2n) is 10.7. The van der Waals surface area contributed by atoms with E-state index in [1.54, 1.807) is 0 Å². The highest BCUT2D eigenvalue weighted by Crippen LogP contribution is 2.34. The molecule has 270 valence electrons. The van der Waals surface area contributed by atoms with Gasteiger partial charge in [-0.05, 0) is 49.5 Å². The Morgan fingerprint density at radius 1 is 0.500 bits per heavy atom. The standard InChI is InChI=1S/C21H9BF12.C7H4BrF3.C4H8O/c1-6-8(23)3-11(26)15(18(6)29)22(16-12(27)4-9(24)7(2)19(16)30)17-13(28)5-10(25)14(20(17)31)21(32,33)34;1-3-4(9)2-5(10)6(8)7(3)11;1-2-4-5-3-1/h3-5H,1-2H3;2H,1H3;1-4H2. The normalized spacial score (nSPS) is 12.7. The second-order valence-corrected chi connectivity index (χ2v) is 11.5. The number of benzene rings is 4. The minimum atomic E-state index is -5.81. The van der Waals surface area contributed by atoms with Gasteiger partial charge in [-0.2, -0.15) is 13.2 Å². The Kier molecular flexibility index (Phi) is 13.1. The van der Waals surface area contributed by atoms with E-state index in [1.807, 2.05) is 0 Å². The molecule has 4 aromatic rings. The lowest BCUT2D eigenvalue weighted by Gasteiger charge is -2.23. The summed E-state index contributed by atoms with van der Waals surface area (Å²) in [5, 5.41) is 0. The van der Waals surface area contributed by atoms with Crippen molar-refractivity contribution in [2.24, 2.45) is 0 Å². The topological polar surface area (TPSA) is 9.23 Å². The van der Waals surface area contributed by atoms with Crippen molar-refractivity contribution in [3.8, 4) is 0 Å². The summed E-state index contributed by atoms with van der Waals surface area (Å²) in [4.78, 5) is 0. The van der Waals surface area contributed by atoms with Gasteiger partial charge in [0, 0.05) is 70.6 Å². The van der Waals surface area contributed by atoms with Crippen LogP contribution >= 0.6 is 15.9 Å². The molecule has 50 heavy (non-hydrogen) atoms. The van der Waals surface area contributed by atoms with Gasteiger partial charge in [0.1, 0.15) is 75.4 Å². The molecule has 4 aromatic carbocycles. The van der Waals surface area contributed by atoms with E-state index in [9.17, 15) is 65.9 Å². The van der Waals surface area contributed by atoms with Crippen molar-refractivity contribution in [3.05, 3.63) is 121 Å². The number of ether oxygens (including phenoxy) is 1. The number of rotatable bonds is 3. The van der Waals surface area contributed by atoms with E-state index in [0.717, 1.165) is 13.2 Å². The average molecular weight is 797 g/mol. The first-order valence-electron chi connectivity index (χ1n) is 14.0. The Morgan fingerprint density at radius 2 is 0.840 bits per heavy atom. The minimum absolute atomic E-state index is 0.0308. The van der Waals surface area contributed by atoms with Gasteiger partial charge in [-0.15, -0.1) is 0 Å². The van der Waals surface area contributed by atoms with Crippen LogP contribution in [0.3, 0.4) is 0 Å². The molecule has 1 fully saturated rings. The molecule has 0 saturated carbocycles. The first-order chi connectivity index (χ1) is 23.1. The molecule has 0 aromatic heterocycles. The van der Waals surface area contributed by atoms with Crippen molar-refractivity contribution in [3.63, 3.8) is 0 Å². The third-order valence-corrected chi connectivity index (χ3v) is 8.12. The Bertz CT molecular complexity index is 1810. The van der Waals surface area contributed by atoms with E-state index in [4.69, 9.17) is 4.74 Å². The molecular weight excluding hydrogens is 776 g/mol. The maximum absolute atomic E-state index is 15.0.